The van der Waals surface area contributed by atoms with Gasteiger partial charge in [0.15, 0.2) is 0 Å². The third-order valence-electron chi connectivity index (χ3n) is 8.74. The lowest BCUT2D eigenvalue weighted by molar-refractivity contribution is 0.229. The van der Waals surface area contributed by atoms with Gasteiger partial charge in [-0.3, -0.25) is 0 Å². The summed E-state index contributed by atoms with van der Waals surface area (Å²) in [4.78, 5) is 2.18. The van der Waals surface area contributed by atoms with Crippen LogP contribution >= 0.6 is 0 Å². The van der Waals surface area contributed by atoms with E-state index in [0.29, 0.717) is 22.7 Å². The highest BCUT2D eigenvalue weighted by atomic mass is 15.1. The van der Waals surface area contributed by atoms with Crippen LogP contribution in [0.15, 0.2) is 72.8 Å². The predicted molar refractivity (Wildman–Crippen MR) is 192 cm³/mol. The van der Waals surface area contributed by atoms with Gasteiger partial charge in [-0.05, 0) is 92.7 Å². The first kappa shape index (κ1) is 34.9. The summed E-state index contributed by atoms with van der Waals surface area (Å²) in [7, 11) is 4.22. The highest BCUT2D eigenvalue weighted by Crippen LogP contribution is 2.44. The Bertz CT molecular complexity index is 1250. The molecule has 3 rings (SSSR count). The minimum atomic E-state index is 0.193. The quantitative estimate of drug-likeness (QED) is 0.227. The largest absolute Gasteiger partial charge is 0.378 e. The molecule has 0 amide bonds. The van der Waals surface area contributed by atoms with Gasteiger partial charge in [-0.25, -0.2) is 0 Å². The van der Waals surface area contributed by atoms with Gasteiger partial charge >= 0.3 is 0 Å². The van der Waals surface area contributed by atoms with Crippen molar-refractivity contribution in [2.45, 2.75) is 120 Å². The molecule has 0 fully saturated rings. The fourth-order valence-corrected chi connectivity index (χ4v) is 6.75. The van der Waals surface area contributed by atoms with Crippen molar-refractivity contribution in [2.24, 2.45) is 21.7 Å². The van der Waals surface area contributed by atoms with E-state index < -0.39 is 0 Å². The lowest BCUT2D eigenvalue weighted by Crippen LogP contribution is -2.23. The average Bonchev–Trinajstić information content (AvgIpc) is 2.85. The summed E-state index contributed by atoms with van der Waals surface area (Å²) in [6, 6.07) is 28.4. The van der Waals surface area contributed by atoms with Crippen molar-refractivity contribution in [1.29, 1.82) is 0 Å². The summed E-state index contributed by atoms with van der Waals surface area (Å²) in [5.74, 6) is 1.27. The van der Waals surface area contributed by atoms with E-state index in [-0.39, 0.29) is 16.7 Å². The van der Waals surface area contributed by atoms with E-state index in [2.05, 4.69) is 175 Å². The summed E-state index contributed by atoms with van der Waals surface area (Å²) in [5, 5.41) is 0. The van der Waals surface area contributed by atoms with Gasteiger partial charge in [0.05, 0.1) is 0 Å². The number of rotatable bonds is 9. The Morgan fingerprint density at radius 2 is 0.767 bits per heavy atom. The third-order valence-corrected chi connectivity index (χ3v) is 8.74. The molecule has 0 spiro atoms. The van der Waals surface area contributed by atoms with Gasteiger partial charge < -0.3 is 4.90 Å². The molecule has 3 aromatic rings. The second-order valence-electron chi connectivity index (χ2n) is 18.2. The minimum Gasteiger partial charge on any atom is -0.378 e. The summed E-state index contributed by atoms with van der Waals surface area (Å²) in [6.45, 7) is 28.5. The van der Waals surface area contributed by atoms with Crippen LogP contribution in [-0.2, 0) is 0 Å². The molecule has 1 heteroatoms. The van der Waals surface area contributed by atoms with Crippen molar-refractivity contribution in [3.05, 3.63) is 101 Å². The highest BCUT2D eigenvalue weighted by molar-refractivity contribution is 5.51. The molecule has 0 saturated heterocycles. The number of anilines is 1. The van der Waals surface area contributed by atoms with E-state index in [1.54, 1.807) is 0 Å². The summed E-state index contributed by atoms with van der Waals surface area (Å²) in [5.41, 5.74) is 9.31. The van der Waals surface area contributed by atoms with Crippen LogP contribution in [0.2, 0.25) is 0 Å². The molecule has 3 aromatic carbocycles. The second-order valence-corrected chi connectivity index (χ2v) is 18.2. The first-order valence-electron chi connectivity index (χ1n) is 16.6. The molecule has 0 heterocycles. The van der Waals surface area contributed by atoms with E-state index in [1.807, 2.05) is 0 Å². The smallest absolute Gasteiger partial charge is 0.0361 e. The molecule has 1 nitrogen and oxygen atoms in total. The normalized spacial score (nSPS) is 14.6. The minimum absolute atomic E-state index is 0.193. The Hall–Kier alpha value is -2.54. The van der Waals surface area contributed by atoms with Gasteiger partial charge in [-0.15, -0.1) is 0 Å². The van der Waals surface area contributed by atoms with Gasteiger partial charge in [0.2, 0.25) is 0 Å². The molecule has 0 N–H and O–H groups in total. The Balaban J connectivity index is 2.06. The van der Waals surface area contributed by atoms with Crippen LogP contribution in [0, 0.1) is 21.7 Å². The van der Waals surface area contributed by atoms with E-state index >= 15 is 0 Å². The molecular weight excluding hydrogens is 518 g/mol. The van der Waals surface area contributed by atoms with Gasteiger partial charge in [0, 0.05) is 25.7 Å². The van der Waals surface area contributed by atoms with Crippen molar-refractivity contribution in [3.63, 3.8) is 0 Å². The molecule has 2 unspecified atom stereocenters. The molecule has 0 aliphatic heterocycles. The van der Waals surface area contributed by atoms with Crippen molar-refractivity contribution < 1.29 is 0 Å². The zero-order chi connectivity index (χ0) is 32.4. The SMILES string of the molecule is CN(C)c1ccc(C(c2ccc(C(CC(C)(C)C)CC(C)(C)C)cc2)c2ccc(C(CC(C)(C)C)C(C)(C)C)cc2)cc1. The van der Waals surface area contributed by atoms with Crippen LogP contribution < -0.4 is 4.90 Å². The maximum Gasteiger partial charge on any atom is 0.0361 e. The topological polar surface area (TPSA) is 3.24 Å². The third kappa shape index (κ3) is 10.5. The molecule has 0 radical (unpaired) electrons. The number of nitrogens with zero attached hydrogens (tertiary/aromatic N) is 1. The van der Waals surface area contributed by atoms with E-state index in [0.717, 1.165) is 0 Å². The van der Waals surface area contributed by atoms with Crippen LogP contribution in [-0.4, -0.2) is 14.1 Å². The lowest BCUT2D eigenvalue weighted by Gasteiger charge is -2.36. The molecule has 0 aliphatic rings. The monoisotopic (exact) mass is 581 g/mol. The Labute approximate surface area is 266 Å². The van der Waals surface area contributed by atoms with Gasteiger partial charge in [-0.2, -0.15) is 0 Å². The second kappa shape index (κ2) is 13.2. The molecule has 0 bridgehead atoms. The molecule has 0 aliphatic carbocycles. The van der Waals surface area contributed by atoms with E-state index in [4.69, 9.17) is 0 Å². The molecule has 236 valence electrons. The van der Waals surface area contributed by atoms with Crippen molar-refractivity contribution in [1.82, 2.24) is 0 Å². The summed E-state index contributed by atoms with van der Waals surface area (Å²) < 4.78 is 0. The fourth-order valence-electron chi connectivity index (χ4n) is 6.75. The van der Waals surface area contributed by atoms with Crippen LogP contribution in [0.3, 0.4) is 0 Å². The fraction of sp³-hybridized carbons (Fsp3) is 0.571. The molecule has 0 saturated carbocycles. The Morgan fingerprint density at radius 3 is 1.09 bits per heavy atom. The van der Waals surface area contributed by atoms with E-state index in [1.165, 1.54) is 52.8 Å². The summed E-state index contributed by atoms with van der Waals surface area (Å²) in [6.07, 6.45) is 3.57. The number of hydrogen-bond donors (Lipinski definition) is 0. The van der Waals surface area contributed by atoms with Crippen molar-refractivity contribution in [3.8, 4) is 0 Å². The van der Waals surface area contributed by atoms with Gasteiger partial charge in [0.1, 0.15) is 0 Å². The maximum absolute atomic E-state index is 2.42. The first-order valence-corrected chi connectivity index (χ1v) is 16.6. The van der Waals surface area contributed by atoms with Crippen molar-refractivity contribution >= 4 is 5.69 Å². The zero-order valence-electron chi connectivity index (χ0n) is 30.2. The zero-order valence-corrected chi connectivity index (χ0v) is 30.2. The predicted octanol–water partition coefficient (Wildman–Crippen LogP) is 12.5. The molecular formula is C42H63N. The van der Waals surface area contributed by atoms with Crippen LogP contribution in [0.25, 0.3) is 0 Å². The Morgan fingerprint density at radius 1 is 0.442 bits per heavy atom. The average molecular weight is 582 g/mol. The number of hydrogen-bond acceptors (Lipinski definition) is 1. The van der Waals surface area contributed by atoms with Crippen LogP contribution in [0.5, 0.6) is 0 Å². The standard InChI is InChI=1S/C42H63N/c1-39(2,3)27-35(28-40(4,5)6)30-15-19-32(20-16-30)38(34-23-25-36(26-24-34)43(13)14)33-21-17-31(18-22-33)37(42(10,11)12)29-41(7,8)9/h15-26,35,37-38H,27-29H2,1-14H3. The molecule has 2 atom stereocenters. The maximum atomic E-state index is 2.42. The molecule has 0 aromatic heterocycles. The Kier molecular flexibility index (Phi) is 10.7. The van der Waals surface area contributed by atoms with Crippen molar-refractivity contribution in [2.75, 3.05) is 19.0 Å². The molecule has 43 heavy (non-hydrogen) atoms. The van der Waals surface area contributed by atoms with E-state index in [9.17, 15) is 0 Å². The van der Waals surface area contributed by atoms with Crippen LogP contribution in [0.1, 0.15) is 148 Å². The lowest BCUT2D eigenvalue weighted by atomic mass is 9.69. The van der Waals surface area contributed by atoms with Crippen LogP contribution in [0.4, 0.5) is 5.69 Å². The summed E-state index contributed by atoms with van der Waals surface area (Å²) >= 11 is 0. The highest BCUT2D eigenvalue weighted by Gasteiger charge is 2.31. The number of benzene rings is 3. The van der Waals surface area contributed by atoms with Gasteiger partial charge in [0.25, 0.3) is 0 Å². The van der Waals surface area contributed by atoms with Gasteiger partial charge in [-0.1, -0.05) is 144 Å². The first-order chi connectivity index (χ1) is 19.6.